The van der Waals surface area contributed by atoms with Crippen LogP contribution in [-0.2, 0) is 43.5 Å². The Hall–Kier alpha value is -5.18. The van der Waals surface area contributed by atoms with Crippen molar-refractivity contribution in [3.05, 3.63) is 151 Å². The van der Waals surface area contributed by atoms with Crippen LogP contribution >= 0.6 is 0 Å². The third kappa shape index (κ3) is 12.4. The minimum atomic E-state index is -0.632. The first-order valence-corrected chi connectivity index (χ1v) is 18.2. The molecule has 1 aliphatic rings. The smallest absolute Gasteiger partial charge is 0.333 e. The van der Waals surface area contributed by atoms with Crippen molar-refractivity contribution >= 4 is 23.9 Å². The molecule has 10 nitrogen and oxygen atoms in total. The van der Waals surface area contributed by atoms with Gasteiger partial charge in [0.15, 0.2) is 0 Å². The summed E-state index contributed by atoms with van der Waals surface area (Å²) < 4.78 is 45.4. The van der Waals surface area contributed by atoms with Crippen LogP contribution in [0.25, 0.3) is 11.1 Å². The van der Waals surface area contributed by atoms with Crippen LogP contribution in [0, 0.1) is 38.5 Å². The summed E-state index contributed by atoms with van der Waals surface area (Å²) in [5, 5.41) is 0. The Morgan fingerprint density at radius 3 is 1.28 bits per heavy atom. The number of fused-ring (bicyclic) bond motifs is 3. The molecule has 5 rings (SSSR count). The first-order valence-electron chi connectivity index (χ1n) is 18.6. The fourth-order valence-electron chi connectivity index (χ4n) is 6.41. The van der Waals surface area contributed by atoms with Gasteiger partial charge >= 0.3 is 23.9 Å². The Kier molecular flexibility index (Phi) is 19.5. The number of esters is 4. The number of benzene rings is 4. The number of carbonyl (C=O) groups excluding carboxylic acids is 4. The normalized spacial score (nSPS) is 11.5. The van der Waals surface area contributed by atoms with E-state index in [1.807, 2.05) is 24.3 Å². The van der Waals surface area contributed by atoms with E-state index in [0.717, 1.165) is 33.4 Å². The first-order chi connectivity index (χ1) is 27.6. The molecule has 0 N–H and O–H groups in total. The van der Waals surface area contributed by atoms with Gasteiger partial charge in [-0.2, -0.15) is 0 Å². The average Bonchev–Trinajstić information content (AvgIpc) is 3.53. The van der Waals surface area contributed by atoms with Gasteiger partial charge in [0.25, 0.3) is 1.45 Å². The molecule has 4 aromatic carbocycles. The Balaban J connectivity index is 0.00000295. The molecule has 0 saturated heterocycles. The fourth-order valence-corrected chi connectivity index (χ4v) is 6.41. The van der Waals surface area contributed by atoms with E-state index >= 15 is 0 Å². The molecule has 0 fully saturated rings. The van der Waals surface area contributed by atoms with Gasteiger partial charge in [0.05, 0.1) is 18.6 Å². The van der Waals surface area contributed by atoms with E-state index in [4.69, 9.17) is 33.1 Å². The second-order valence-corrected chi connectivity index (χ2v) is 13.1. The predicted octanol–water partition coefficient (Wildman–Crippen LogP) is 8.30. The van der Waals surface area contributed by atoms with Crippen molar-refractivity contribution in [2.24, 2.45) is 0 Å². The van der Waals surface area contributed by atoms with E-state index in [0.29, 0.717) is 35.5 Å². The number of rotatable bonds is 20. The van der Waals surface area contributed by atoms with Crippen LogP contribution in [0.1, 0.15) is 61.8 Å². The third-order valence-electron chi connectivity index (χ3n) is 8.97. The third-order valence-corrected chi connectivity index (χ3v) is 8.97. The molecule has 0 atom stereocenters. The number of ether oxygens (including phenoxy) is 6. The zero-order valence-corrected chi connectivity index (χ0v) is 37.3. The van der Waals surface area contributed by atoms with Crippen LogP contribution in [-0.4, -0.2) is 65.0 Å². The molecule has 0 radical (unpaired) electrons. The van der Waals surface area contributed by atoms with E-state index in [2.05, 4.69) is 87.4 Å². The van der Waals surface area contributed by atoms with E-state index in [-0.39, 0.29) is 91.0 Å². The SMILES string of the molecule is C=C(C)C(=O)OCCCC(=O)OCCOc1ccc(C2(c3ccc(OCCOC(=O)CCCOC(=O)C(=C)C)cc3)c3ccccc3-c3ccccc32)cc1.[2H]F.[CH3-].[U]. The van der Waals surface area contributed by atoms with Gasteiger partial charge in [-0.25, -0.2) is 9.59 Å². The van der Waals surface area contributed by atoms with Crippen LogP contribution < -0.4 is 9.47 Å². The van der Waals surface area contributed by atoms with Gasteiger partial charge in [-0.15, -0.1) is 0 Å². The van der Waals surface area contributed by atoms with Crippen molar-refractivity contribution < 1.29 is 83.4 Å². The largest absolute Gasteiger partial charge is 0.490 e. The number of hydrogen-bond acceptors (Lipinski definition) is 10. The molecule has 0 amide bonds. The van der Waals surface area contributed by atoms with Crippen molar-refractivity contribution in [1.82, 2.24) is 0 Å². The van der Waals surface area contributed by atoms with Crippen molar-refractivity contribution in [2.75, 3.05) is 39.6 Å². The van der Waals surface area contributed by atoms with Crippen LogP contribution in [0.4, 0.5) is 4.72 Å². The zero-order valence-electron chi connectivity index (χ0n) is 34.2. The maximum atomic E-state index is 12.1. The number of halogens is 1. The Bertz CT molecular complexity index is 1870. The quantitative estimate of drug-likeness (QED) is 0.0248. The molecule has 0 aromatic heterocycles. The molecular weight excluding hydrogens is 970 g/mol. The van der Waals surface area contributed by atoms with Gasteiger partial charge in [-0.05, 0) is 84.3 Å². The minimum Gasteiger partial charge on any atom is -0.490 e. The molecule has 0 unspecified atom stereocenters. The van der Waals surface area contributed by atoms with Gasteiger partial charge in [0.2, 0.25) is 0 Å². The van der Waals surface area contributed by atoms with Crippen LogP contribution in [0.15, 0.2) is 121 Å². The van der Waals surface area contributed by atoms with Gasteiger partial charge in [0.1, 0.15) is 37.9 Å². The molecule has 0 saturated carbocycles. The van der Waals surface area contributed by atoms with Gasteiger partial charge < -0.3 is 35.8 Å². The van der Waals surface area contributed by atoms with E-state index in [9.17, 15) is 19.2 Å². The van der Waals surface area contributed by atoms with Crippen LogP contribution in [0.2, 0.25) is 0 Å². The first kappa shape index (κ1) is 47.2. The maximum absolute atomic E-state index is 12.1. The molecule has 58 heavy (non-hydrogen) atoms. The summed E-state index contributed by atoms with van der Waals surface area (Å²) in [6, 6.07) is 32.8. The van der Waals surface area contributed by atoms with Crippen molar-refractivity contribution in [3.8, 4) is 22.6 Å². The van der Waals surface area contributed by atoms with E-state index in [1.165, 1.54) is 0 Å². The second kappa shape index (κ2) is 23.9. The van der Waals surface area contributed by atoms with Crippen molar-refractivity contribution in [3.63, 3.8) is 0 Å². The van der Waals surface area contributed by atoms with Crippen LogP contribution in [0.3, 0.4) is 0 Å². The topological polar surface area (TPSA) is 124 Å². The summed E-state index contributed by atoms with van der Waals surface area (Å²) in [7, 11) is 0. The summed E-state index contributed by atoms with van der Waals surface area (Å²) >= 11 is 0. The fraction of sp³-hybridized carbons (Fsp3) is 0.283. The molecular formula is C46H50FO10U-. The Labute approximate surface area is 365 Å². The molecule has 0 bridgehead atoms. The standard InChI is InChI=1S/C45H46O10.CH3.FH.U/c1-31(2)43(48)54-25-9-15-41(46)52-29-27-50-35-21-17-33(18-22-35)45(39-13-7-5-11-37(39)38-12-6-8-14-40(38)45)34-19-23-36(24-20-34)51-28-30-53-42(47)16-10-26-55-44(49)32(3)4;;;/h5-8,11-14,17-24H,1,3,9-10,15-16,25-30H2,2,4H3;1H3;1H;/q;-1;;/i/hD. The Morgan fingerprint density at radius 1 is 0.552 bits per heavy atom. The number of hydrogen-bond donors (Lipinski definition) is 0. The van der Waals surface area contributed by atoms with Gasteiger partial charge in [-0.3, -0.25) is 14.3 Å². The summed E-state index contributed by atoms with van der Waals surface area (Å²) in [5.74, 6) is -0.467. The molecule has 4 aromatic rings. The molecule has 0 spiro atoms. The van der Waals surface area contributed by atoms with E-state index < -0.39 is 29.3 Å². The summed E-state index contributed by atoms with van der Waals surface area (Å²) in [6.45, 7) is 11.0. The maximum Gasteiger partial charge on any atom is 0.333 e. The minimum absolute atomic E-state index is 0. The monoisotopic (exact) mass is 1020 g/mol. The molecule has 0 aliphatic heterocycles. The molecule has 1 aliphatic carbocycles. The van der Waals surface area contributed by atoms with Gasteiger partial charge in [-0.1, -0.05) is 86.0 Å². The number of carbonyl (C=O) groups is 4. The van der Waals surface area contributed by atoms with Gasteiger partial charge in [0, 0.05) is 55.1 Å². The average molecular weight is 1020 g/mol. The van der Waals surface area contributed by atoms with Crippen molar-refractivity contribution in [2.45, 2.75) is 44.9 Å². The molecule has 12 heteroatoms. The molecule has 0 heterocycles. The van der Waals surface area contributed by atoms with Crippen LogP contribution in [0.5, 0.6) is 11.5 Å². The second-order valence-electron chi connectivity index (χ2n) is 13.1. The zero-order chi connectivity index (χ0) is 41.2. The Morgan fingerprint density at radius 2 is 0.914 bits per heavy atom. The predicted molar refractivity (Wildman–Crippen MR) is 216 cm³/mol. The van der Waals surface area contributed by atoms with Crippen molar-refractivity contribution in [1.29, 1.82) is 1.45 Å². The summed E-state index contributed by atoms with van der Waals surface area (Å²) in [4.78, 5) is 47.1. The van der Waals surface area contributed by atoms with E-state index in [1.54, 1.807) is 13.8 Å². The summed E-state index contributed by atoms with van der Waals surface area (Å²) in [6.07, 6.45) is 0.984. The molecule has 306 valence electrons. The summed E-state index contributed by atoms with van der Waals surface area (Å²) in [5.41, 5.74) is 6.71.